The monoisotopic (exact) mass is 227 g/mol. The molecule has 1 N–H and O–H groups in total. The lowest BCUT2D eigenvalue weighted by Crippen LogP contribution is -2.24. The van der Waals surface area contributed by atoms with E-state index >= 15 is 0 Å². The van der Waals surface area contributed by atoms with Gasteiger partial charge in [0.1, 0.15) is 0 Å². The topological polar surface area (TPSA) is 12.0 Å². The summed E-state index contributed by atoms with van der Waals surface area (Å²) in [5, 5.41) is 4.39. The highest BCUT2D eigenvalue weighted by atomic mass is 35.5. The van der Waals surface area contributed by atoms with Gasteiger partial charge >= 0.3 is 0 Å². The smallest absolute Gasteiger partial charge is 0.0545 e. The zero-order valence-corrected chi connectivity index (χ0v) is 9.79. The van der Waals surface area contributed by atoms with Gasteiger partial charge < -0.3 is 5.32 Å². The summed E-state index contributed by atoms with van der Waals surface area (Å²) in [5.41, 5.74) is 1.37. The van der Waals surface area contributed by atoms with Crippen molar-refractivity contribution in [2.75, 3.05) is 12.3 Å². The van der Waals surface area contributed by atoms with Crippen molar-refractivity contribution in [2.45, 2.75) is 24.3 Å². The zero-order chi connectivity index (χ0) is 9.97. The molecule has 1 aromatic rings. The zero-order valence-electron chi connectivity index (χ0n) is 8.22. The predicted molar refractivity (Wildman–Crippen MR) is 63.2 cm³/mol. The molecular weight excluding hydrogens is 214 g/mol. The van der Waals surface area contributed by atoms with Crippen molar-refractivity contribution < 1.29 is 0 Å². The van der Waals surface area contributed by atoms with Gasteiger partial charge in [-0.25, -0.2) is 0 Å². The Morgan fingerprint density at radius 3 is 3.21 bits per heavy atom. The molecule has 0 aromatic heterocycles. The Morgan fingerprint density at radius 1 is 1.57 bits per heavy atom. The van der Waals surface area contributed by atoms with E-state index < -0.39 is 0 Å². The molecule has 3 heteroatoms. The Kier molecular flexibility index (Phi) is 3.37. The number of nitrogens with one attached hydrogen (secondary N) is 1. The van der Waals surface area contributed by atoms with E-state index in [9.17, 15) is 0 Å². The first kappa shape index (κ1) is 10.3. The molecule has 1 unspecified atom stereocenters. The van der Waals surface area contributed by atoms with E-state index in [2.05, 4.69) is 18.3 Å². The highest BCUT2D eigenvalue weighted by Crippen LogP contribution is 2.40. The first-order valence-electron chi connectivity index (χ1n) is 4.97. The Hall–Kier alpha value is -0.180. The van der Waals surface area contributed by atoms with Gasteiger partial charge in [-0.15, -0.1) is 11.8 Å². The lowest BCUT2D eigenvalue weighted by Gasteiger charge is -2.26. The van der Waals surface area contributed by atoms with Crippen molar-refractivity contribution in [3.63, 3.8) is 0 Å². The van der Waals surface area contributed by atoms with Gasteiger partial charge in [0.25, 0.3) is 0 Å². The number of rotatable bonds is 2. The molecule has 1 atom stereocenters. The van der Waals surface area contributed by atoms with Gasteiger partial charge in [0.05, 0.1) is 5.02 Å². The van der Waals surface area contributed by atoms with E-state index in [1.807, 2.05) is 23.9 Å². The fraction of sp³-hybridized carbons (Fsp3) is 0.455. The average Bonchev–Trinajstić information content (AvgIpc) is 2.20. The minimum Gasteiger partial charge on any atom is -0.310 e. The highest BCUT2D eigenvalue weighted by molar-refractivity contribution is 7.99. The van der Waals surface area contributed by atoms with Crippen molar-refractivity contribution in [1.82, 2.24) is 5.32 Å². The summed E-state index contributed by atoms with van der Waals surface area (Å²) in [7, 11) is 0. The molecule has 1 nitrogen and oxygen atoms in total. The van der Waals surface area contributed by atoms with Crippen LogP contribution in [-0.2, 0) is 0 Å². The number of halogens is 1. The summed E-state index contributed by atoms with van der Waals surface area (Å²) >= 11 is 8.03. The van der Waals surface area contributed by atoms with E-state index in [1.54, 1.807) is 0 Å². The molecule has 76 valence electrons. The van der Waals surface area contributed by atoms with E-state index in [0.717, 1.165) is 17.3 Å². The molecule has 1 aliphatic rings. The summed E-state index contributed by atoms with van der Waals surface area (Å²) in [6, 6.07) is 6.69. The van der Waals surface area contributed by atoms with Gasteiger partial charge in [0.15, 0.2) is 0 Å². The quantitative estimate of drug-likeness (QED) is 0.830. The summed E-state index contributed by atoms with van der Waals surface area (Å²) in [6.07, 6.45) is 1.20. The molecule has 0 saturated heterocycles. The van der Waals surface area contributed by atoms with Crippen LogP contribution < -0.4 is 5.32 Å². The second-order valence-corrected chi connectivity index (χ2v) is 4.92. The normalized spacial score (nSPS) is 20.6. The van der Waals surface area contributed by atoms with Gasteiger partial charge in [-0.1, -0.05) is 30.7 Å². The summed E-state index contributed by atoms with van der Waals surface area (Å²) in [4.78, 5) is 1.27. The van der Waals surface area contributed by atoms with Crippen LogP contribution >= 0.6 is 23.4 Å². The van der Waals surface area contributed by atoms with Gasteiger partial charge in [-0.2, -0.15) is 0 Å². The lowest BCUT2D eigenvalue weighted by molar-refractivity contribution is 0.528. The fourth-order valence-corrected chi connectivity index (χ4v) is 3.33. The van der Waals surface area contributed by atoms with Gasteiger partial charge in [0.2, 0.25) is 0 Å². The van der Waals surface area contributed by atoms with Crippen LogP contribution in [0.5, 0.6) is 0 Å². The highest BCUT2D eigenvalue weighted by Gasteiger charge is 2.21. The maximum absolute atomic E-state index is 6.16. The SMILES string of the molecule is CCNC1CCSc2c(Cl)cccc21. The molecule has 0 bridgehead atoms. The van der Waals surface area contributed by atoms with Crippen LogP contribution in [0.25, 0.3) is 0 Å². The maximum Gasteiger partial charge on any atom is 0.0545 e. The third-order valence-electron chi connectivity index (χ3n) is 2.48. The second kappa shape index (κ2) is 4.56. The molecule has 0 spiro atoms. The lowest BCUT2D eigenvalue weighted by atomic mass is 10.0. The van der Waals surface area contributed by atoms with E-state index in [1.165, 1.54) is 16.9 Å². The van der Waals surface area contributed by atoms with Gasteiger partial charge in [0, 0.05) is 10.9 Å². The average molecular weight is 228 g/mol. The van der Waals surface area contributed by atoms with Crippen molar-refractivity contribution in [1.29, 1.82) is 0 Å². The van der Waals surface area contributed by atoms with Crippen molar-refractivity contribution in [2.24, 2.45) is 0 Å². The molecule has 1 aliphatic heterocycles. The van der Waals surface area contributed by atoms with Crippen LogP contribution in [0.3, 0.4) is 0 Å². The summed E-state index contributed by atoms with van der Waals surface area (Å²) < 4.78 is 0. The molecular formula is C11H14ClNS. The molecule has 0 radical (unpaired) electrons. The molecule has 14 heavy (non-hydrogen) atoms. The molecule has 2 rings (SSSR count). The van der Waals surface area contributed by atoms with Crippen LogP contribution in [0.15, 0.2) is 23.1 Å². The number of benzene rings is 1. The molecule has 0 fully saturated rings. The first-order valence-corrected chi connectivity index (χ1v) is 6.34. The molecule has 0 amide bonds. The number of thioether (sulfide) groups is 1. The minimum absolute atomic E-state index is 0.495. The third-order valence-corrected chi connectivity index (χ3v) is 4.09. The summed E-state index contributed by atoms with van der Waals surface area (Å²) in [6.45, 7) is 3.16. The number of fused-ring (bicyclic) bond motifs is 1. The van der Waals surface area contributed by atoms with Crippen LogP contribution in [0.1, 0.15) is 24.9 Å². The molecule has 0 saturated carbocycles. The van der Waals surface area contributed by atoms with Gasteiger partial charge in [-0.05, 0) is 30.3 Å². The van der Waals surface area contributed by atoms with Crippen LogP contribution in [-0.4, -0.2) is 12.3 Å². The van der Waals surface area contributed by atoms with Gasteiger partial charge in [-0.3, -0.25) is 0 Å². The van der Waals surface area contributed by atoms with E-state index in [-0.39, 0.29) is 0 Å². The van der Waals surface area contributed by atoms with Crippen molar-refractivity contribution >= 4 is 23.4 Å². The summed E-state index contributed by atoms with van der Waals surface area (Å²) in [5.74, 6) is 1.16. The predicted octanol–water partition coefficient (Wildman–Crippen LogP) is 3.49. The Balaban J connectivity index is 2.34. The van der Waals surface area contributed by atoms with Crippen LogP contribution in [0.4, 0.5) is 0 Å². The minimum atomic E-state index is 0.495. The van der Waals surface area contributed by atoms with Crippen LogP contribution in [0.2, 0.25) is 5.02 Å². The standard InChI is InChI=1S/C11H14ClNS/c1-2-13-10-6-7-14-11-8(10)4-3-5-9(11)12/h3-5,10,13H,2,6-7H2,1H3. The van der Waals surface area contributed by atoms with Crippen molar-refractivity contribution in [3.05, 3.63) is 28.8 Å². The fourth-order valence-electron chi connectivity index (χ4n) is 1.84. The Bertz CT molecular complexity index is 327. The second-order valence-electron chi connectivity index (χ2n) is 3.41. The largest absolute Gasteiger partial charge is 0.310 e. The van der Waals surface area contributed by atoms with Crippen LogP contribution in [0, 0.1) is 0 Å². The molecule has 1 heterocycles. The Labute approximate surface area is 94.2 Å². The molecule has 0 aliphatic carbocycles. The van der Waals surface area contributed by atoms with E-state index in [4.69, 9.17) is 11.6 Å². The molecule has 1 aromatic carbocycles. The number of hydrogen-bond donors (Lipinski definition) is 1. The number of hydrogen-bond acceptors (Lipinski definition) is 2. The Morgan fingerprint density at radius 2 is 2.43 bits per heavy atom. The first-order chi connectivity index (χ1) is 6.83. The van der Waals surface area contributed by atoms with E-state index in [0.29, 0.717) is 6.04 Å². The maximum atomic E-state index is 6.16. The third kappa shape index (κ3) is 1.92. The van der Waals surface area contributed by atoms with Crippen molar-refractivity contribution in [3.8, 4) is 0 Å².